The van der Waals surface area contributed by atoms with E-state index in [2.05, 4.69) is 12.2 Å². The van der Waals surface area contributed by atoms with Crippen molar-refractivity contribution in [3.05, 3.63) is 23.3 Å². The zero-order valence-corrected chi connectivity index (χ0v) is 6.91. The van der Waals surface area contributed by atoms with E-state index in [-0.39, 0.29) is 12.1 Å². The number of allylic oxidation sites excluding steroid dienone is 1. The molecular weight excluding hydrogens is 152 g/mol. The molecule has 1 aliphatic heterocycles. The Morgan fingerprint density at radius 3 is 3.25 bits per heavy atom. The van der Waals surface area contributed by atoms with Crippen molar-refractivity contribution in [3.8, 4) is 0 Å². The van der Waals surface area contributed by atoms with Crippen LogP contribution in [0.25, 0.3) is 0 Å². The number of ether oxygens (including phenoxy) is 1. The smallest absolute Gasteiger partial charge is 0.335 e. The van der Waals surface area contributed by atoms with Crippen molar-refractivity contribution in [2.24, 2.45) is 11.8 Å². The van der Waals surface area contributed by atoms with Crippen LogP contribution in [0.1, 0.15) is 13.3 Å². The minimum absolute atomic E-state index is 0.00898. The lowest BCUT2D eigenvalue weighted by molar-refractivity contribution is -0.139. The van der Waals surface area contributed by atoms with Gasteiger partial charge < -0.3 is 4.74 Å². The fourth-order valence-corrected chi connectivity index (χ4v) is 2.20. The lowest BCUT2D eigenvalue weighted by Gasteiger charge is -2.05. The lowest BCUT2D eigenvalue weighted by atomic mass is 9.97. The Hall–Kier alpha value is -1.05. The van der Waals surface area contributed by atoms with E-state index >= 15 is 0 Å². The summed E-state index contributed by atoms with van der Waals surface area (Å²) in [6.45, 7) is 1.94. The van der Waals surface area contributed by atoms with Crippen LogP contribution in [0.3, 0.4) is 0 Å². The van der Waals surface area contributed by atoms with Gasteiger partial charge in [0.15, 0.2) is 0 Å². The normalized spacial score (nSPS) is 42.4. The number of cyclic esters (lactones) is 1. The largest absolute Gasteiger partial charge is 0.454 e. The number of esters is 1. The Labute approximate surface area is 70.9 Å². The van der Waals surface area contributed by atoms with Crippen molar-refractivity contribution in [2.45, 2.75) is 19.4 Å². The summed E-state index contributed by atoms with van der Waals surface area (Å²) in [5.41, 5.74) is 2.09. The van der Waals surface area contributed by atoms with E-state index in [9.17, 15) is 4.79 Å². The van der Waals surface area contributed by atoms with E-state index in [1.165, 1.54) is 0 Å². The van der Waals surface area contributed by atoms with Gasteiger partial charge in [0.25, 0.3) is 0 Å². The minimum atomic E-state index is -0.0747. The molecule has 2 aliphatic carbocycles. The predicted octanol–water partition coefficient (Wildman–Crippen LogP) is 1.43. The molecule has 0 N–H and O–H groups in total. The van der Waals surface area contributed by atoms with Crippen molar-refractivity contribution in [1.82, 2.24) is 0 Å². The van der Waals surface area contributed by atoms with Gasteiger partial charge in [0, 0.05) is 11.1 Å². The van der Waals surface area contributed by atoms with Gasteiger partial charge in [-0.1, -0.05) is 12.2 Å². The van der Waals surface area contributed by atoms with E-state index in [1.807, 2.05) is 6.92 Å². The molecule has 3 aliphatic rings. The highest BCUT2D eigenvalue weighted by Crippen LogP contribution is 2.51. The number of carbonyl (C=O) groups is 1. The Morgan fingerprint density at radius 2 is 2.42 bits per heavy atom. The predicted molar refractivity (Wildman–Crippen MR) is 43.3 cm³/mol. The molecule has 62 valence electrons. The van der Waals surface area contributed by atoms with Gasteiger partial charge in [-0.15, -0.1) is 0 Å². The van der Waals surface area contributed by atoms with Gasteiger partial charge in [0.2, 0.25) is 0 Å². The molecule has 3 rings (SSSR count). The molecule has 12 heavy (non-hydrogen) atoms. The highest BCUT2D eigenvalue weighted by atomic mass is 16.5. The van der Waals surface area contributed by atoms with Crippen molar-refractivity contribution in [3.63, 3.8) is 0 Å². The molecule has 0 saturated heterocycles. The number of hydrogen-bond donors (Lipinski definition) is 0. The monoisotopic (exact) mass is 162 g/mol. The van der Waals surface area contributed by atoms with Crippen LogP contribution in [0.5, 0.6) is 0 Å². The third-order valence-electron chi connectivity index (χ3n) is 2.99. The molecule has 0 spiro atoms. The Balaban J connectivity index is 2.12. The van der Waals surface area contributed by atoms with Crippen molar-refractivity contribution >= 4 is 5.97 Å². The fraction of sp³-hybridized carbons (Fsp3) is 0.500. The Bertz CT molecular complexity index is 325. The Kier molecular flexibility index (Phi) is 0.978. The van der Waals surface area contributed by atoms with Crippen LogP contribution in [0.4, 0.5) is 0 Å². The molecule has 2 nitrogen and oxygen atoms in total. The van der Waals surface area contributed by atoms with Gasteiger partial charge in [0.1, 0.15) is 6.10 Å². The average Bonchev–Trinajstić information content (AvgIpc) is 2.74. The molecule has 0 amide bonds. The molecular formula is C10H10O2. The molecule has 0 bridgehead atoms. The first-order valence-corrected chi connectivity index (χ1v) is 4.40. The summed E-state index contributed by atoms with van der Waals surface area (Å²) in [4.78, 5) is 11.3. The average molecular weight is 162 g/mol. The maximum absolute atomic E-state index is 11.3. The minimum Gasteiger partial charge on any atom is -0.454 e. The standard InChI is InChI=1S/C10H10O2/c1-5-7-3-2-6-4-8(6)9(7)10(11)12-5/h2-3,5-6,8H,4H2,1H3. The molecule has 0 aromatic carbocycles. The van der Waals surface area contributed by atoms with Crippen LogP contribution in [-0.2, 0) is 9.53 Å². The first kappa shape index (κ1) is 6.46. The summed E-state index contributed by atoms with van der Waals surface area (Å²) < 4.78 is 5.14. The van der Waals surface area contributed by atoms with Crippen LogP contribution in [0.15, 0.2) is 23.3 Å². The molecule has 0 aromatic heterocycles. The van der Waals surface area contributed by atoms with Crippen LogP contribution in [0.2, 0.25) is 0 Å². The molecule has 3 atom stereocenters. The molecule has 1 fully saturated rings. The summed E-state index contributed by atoms with van der Waals surface area (Å²) >= 11 is 0. The SMILES string of the molecule is CC1OC(=O)C2=C1C=CC1CC21. The number of carbonyl (C=O) groups excluding carboxylic acids is 1. The van der Waals surface area contributed by atoms with Gasteiger partial charge >= 0.3 is 5.97 Å². The van der Waals surface area contributed by atoms with Crippen LogP contribution >= 0.6 is 0 Å². The molecule has 0 radical (unpaired) electrons. The second-order valence-electron chi connectivity index (χ2n) is 3.78. The zero-order valence-electron chi connectivity index (χ0n) is 6.91. The van der Waals surface area contributed by atoms with E-state index < -0.39 is 0 Å². The second kappa shape index (κ2) is 1.82. The molecule has 1 heterocycles. The van der Waals surface area contributed by atoms with E-state index in [0.29, 0.717) is 11.8 Å². The van der Waals surface area contributed by atoms with Crippen molar-refractivity contribution in [2.75, 3.05) is 0 Å². The summed E-state index contributed by atoms with van der Waals surface area (Å²) in [5.74, 6) is 1.07. The highest BCUT2D eigenvalue weighted by Gasteiger charge is 2.48. The highest BCUT2D eigenvalue weighted by molar-refractivity contribution is 5.94. The quantitative estimate of drug-likeness (QED) is 0.504. The molecule has 1 saturated carbocycles. The third kappa shape index (κ3) is 0.631. The summed E-state index contributed by atoms with van der Waals surface area (Å²) in [5, 5.41) is 0. The first-order chi connectivity index (χ1) is 5.77. The molecule has 3 unspecified atom stereocenters. The van der Waals surface area contributed by atoms with Crippen LogP contribution in [-0.4, -0.2) is 12.1 Å². The van der Waals surface area contributed by atoms with Gasteiger partial charge in [-0.2, -0.15) is 0 Å². The van der Waals surface area contributed by atoms with Gasteiger partial charge in [-0.25, -0.2) is 4.79 Å². The van der Waals surface area contributed by atoms with Crippen LogP contribution in [0, 0.1) is 11.8 Å². The topological polar surface area (TPSA) is 26.3 Å². The summed E-state index contributed by atoms with van der Waals surface area (Å²) in [6, 6.07) is 0. The number of hydrogen-bond acceptors (Lipinski definition) is 2. The van der Waals surface area contributed by atoms with Crippen molar-refractivity contribution < 1.29 is 9.53 Å². The van der Waals surface area contributed by atoms with Crippen LogP contribution < -0.4 is 0 Å². The van der Waals surface area contributed by atoms with Crippen molar-refractivity contribution in [1.29, 1.82) is 0 Å². The van der Waals surface area contributed by atoms with Gasteiger partial charge in [0.05, 0.1) is 0 Å². The van der Waals surface area contributed by atoms with Gasteiger partial charge in [-0.05, 0) is 25.2 Å². The lowest BCUT2D eigenvalue weighted by Crippen LogP contribution is -2.05. The maximum Gasteiger partial charge on any atom is 0.335 e. The van der Waals surface area contributed by atoms with E-state index in [1.54, 1.807) is 0 Å². The number of rotatable bonds is 0. The zero-order chi connectivity index (χ0) is 8.29. The molecule has 0 aromatic rings. The molecule has 2 heteroatoms. The fourth-order valence-electron chi connectivity index (χ4n) is 2.20. The Morgan fingerprint density at radius 1 is 1.58 bits per heavy atom. The summed E-state index contributed by atoms with van der Waals surface area (Å²) in [7, 11) is 0. The third-order valence-corrected chi connectivity index (χ3v) is 2.99. The van der Waals surface area contributed by atoms with E-state index in [0.717, 1.165) is 17.6 Å². The van der Waals surface area contributed by atoms with Gasteiger partial charge in [-0.3, -0.25) is 0 Å². The maximum atomic E-state index is 11.3. The summed E-state index contributed by atoms with van der Waals surface area (Å²) in [6.07, 6.45) is 5.42. The van der Waals surface area contributed by atoms with E-state index in [4.69, 9.17) is 4.74 Å². The first-order valence-electron chi connectivity index (χ1n) is 4.40. The second-order valence-corrected chi connectivity index (χ2v) is 3.78. The number of fused-ring (bicyclic) bond motifs is 2.